The van der Waals surface area contributed by atoms with Gasteiger partial charge in [0, 0.05) is 11.3 Å². The molecule has 3 nitrogen and oxygen atoms in total. The maximum atomic E-state index is 5.92. The van der Waals surface area contributed by atoms with E-state index < -0.39 is 0 Å². The van der Waals surface area contributed by atoms with E-state index in [0.29, 0.717) is 0 Å². The molecule has 0 fully saturated rings. The van der Waals surface area contributed by atoms with Crippen LogP contribution in [-0.4, -0.2) is 4.98 Å². The van der Waals surface area contributed by atoms with Gasteiger partial charge in [-0.2, -0.15) is 0 Å². The molecule has 0 saturated heterocycles. The molecule has 0 amide bonds. The van der Waals surface area contributed by atoms with E-state index in [1.54, 1.807) is 11.3 Å². The Hall–Kier alpha value is -2.07. The number of hydrogen-bond donors (Lipinski definition) is 2. The fraction of sp³-hybridized carbons (Fsp3) is 0. The molecule has 0 aliphatic rings. The standard InChI is InChI=1S/C13H11N3S/c14-9-6-4-8(5-7-9)13-16-11-3-1-2-10(15)12(11)17-13/h1-7H,14-15H2. The van der Waals surface area contributed by atoms with E-state index in [1.807, 2.05) is 42.5 Å². The van der Waals surface area contributed by atoms with Gasteiger partial charge in [-0.05, 0) is 36.4 Å². The quantitative estimate of drug-likeness (QED) is 0.643. The van der Waals surface area contributed by atoms with Crippen LogP contribution >= 0.6 is 11.3 Å². The monoisotopic (exact) mass is 241 g/mol. The van der Waals surface area contributed by atoms with Gasteiger partial charge >= 0.3 is 0 Å². The molecule has 4 N–H and O–H groups in total. The highest BCUT2D eigenvalue weighted by Crippen LogP contribution is 2.33. The zero-order valence-electron chi connectivity index (χ0n) is 9.05. The molecule has 0 bridgehead atoms. The Balaban J connectivity index is 2.18. The molecule has 84 valence electrons. The molecule has 4 heteroatoms. The minimum absolute atomic E-state index is 0.759. The van der Waals surface area contributed by atoms with E-state index >= 15 is 0 Å². The van der Waals surface area contributed by atoms with Crippen molar-refractivity contribution >= 4 is 32.9 Å². The van der Waals surface area contributed by atoms with Gasteiger partial charge in [0.15, 0.2) is 0 Å². The number of anilines is 2. The van der Waals surface area contributed by atoms with Crippen molar-refractivity contribution in [1.82, 2.24) is 4.98 Å². The summed E-state index contributed by atoms with van der Waals surface area (Å²) < 4.78 is 1.04. The second kappa shape index (κ2) is 3.75. The van der Waals surface area contributed by atoms with Crippen LogP contribution in [0.5, 0.6) is 0 Å². The Morgan fingerprint density at radius 2 is 1.71 bits per heavy atom. The number of nitrogens with two attached hydrogens (primary N) is 2. The van der Waals surface area contributed by atoms with Crippen LogP contribution in [0.1, 0.15) is 0 Å². The van der Waals surface area contributed by atoms with Crippen LogP contribution in [0.2, 0.25) is 0 Å². The molecule has 0 atom stereocenters. The smallest absolute Gasteiger partial charge is 0.124 e. The van der Waals surface area contributed by atoms with Crippen LogP contribution in [0.4, 0.5) is 11.4 Å². The second-order valence-electron chi connectivity index (χ2n) is 3.84. The van der Waals surface area contributed by atoms with Crippen LogP contribution in [0, 0.1) is 0 Å². The summed E-state index contributed by atoms with van der Waals surface area (Å²) >= 11 is 1.61. The molecule has 1 aromatic heterocycles. The first-order chi connectivity index (χ1) is 8.24. The highest BCUT2D eigenvalue weighted by molar-refractivity contribution is 7.22. The van der Waals surface area contributed by atoms with Crippen molar-refractivity contribution in [3.8, 4) is 10.6 Å². The van der Waals surface area contributed by atoms with E-state index in [2.05, 4.69) is 4.98 Å². The van der Waals surface area contributed by atoms with Crippen LogP contribution in [-0.2, 0) is 0 Å². The Morgan fingerprint density at radius 1 is 0.941 bits per heavy atom. The van der Waals surface area contributed by atoms with E-state index in [4.69, 9.17) is 11.5 Å². The maximum absolute atomic E-state index is 5.92. The highest BCUT2D eigenvalue weighted by Gasteiger charge is 2.07. The van der Waals surface area contributed by atoms with Gasteiger partial charge in [0.25, 0.3) is 0 Å². The molecule has 0 saturated carbocycles. The predicted molar refractivity (Wildman–Crippen MR) is 73.9 cm³/mol. The molecule has 1 heterocycles. The number of benzene rings is 2. The lowest BCUT2D eigenvalue weighted by molar-refractivity contribution is 1.48. The van der Waals surface area contributed by atoms with Gasteiger partial charge in [0.1, 0.15) is 5.01 Å². The number of nitrogen functional groups attached to an aromatic ring is 2. The molecule has 0 aliphatic heterocycles. The van der Waals surface area contributed by atoms with Gasteiger partial charge in [-0.1, -0.05) is 6.07 Å². The summed E-state index contributed by atoms with van der Waals surface area (Å²) in [5, 5.41) is 0.970. The third kappa shape index (κ3) is 1.72. The van der Waals surface area contributed by atoms with Gasteiger partial charge in [-0.3, -0.25) is 0 Å². The van der Waals surface area contributed by atoms with Crippen molar-refractivity contribution in [2.75, 3.05) is 11.5 Å². The van der Waals surface area contributed by atoms with Crippen molar-refractivity contribution in [3.05, 3.63) is 42.5 Å². The molecular formula is C13H11N3S. The average molecular weight is 241 g/mol. The lowest BCUT2D eigenvalue weighted by Crippen LogP contribution is -1.83. The van der Waals surface area contributed by atoms with E-state index in [1.165, 1.54) is 0 Å². The summed E-state index contributed by atoms with van der Waals surface area (Å²) in [4.78, 5) is 4.57. The predicted octanol–water partition coefficient (Wildman–Crippen LogP) is 3.13. The van der Waals surface area contributed by atoms with Gasteiger partial charge in [0.05, 0.1) is 15.9 Å². The Kier molecular flexibility index (Phi) is 2.23. The van der Waals surface area contributed by atoms with Crippen molar-refractivity contribution in [3.63, 3.8) is 0 Å². The Morgan fingerprint density at radius 3 is 2.41 bits per heavy atom. The largest absolute Gasteiger partial charge is 0.399 e. The summed E-state index contributed by atoms with van der Waals surface area (Å²) in [7, 11) is 0. The minimum Gasteiger partial charge on any atom is -0.399 e. The lowest BCUT2D eigenvalue weighted by Gasteiger charge is -1.95. The van der Waals surface area contributed by atoms with Crippen molar-refractivity contribution in [2.24, 2.45) is 0 Å². The summed E-state index contributed by atoms with van der Waals surface area (Å²) in [5.74, 6) is 0. The van der Waals surface area contributed by atoms with Gasteiger partial charge in [-0.15, -0.1) is 11.3 Å². The molecule has 2 aromatic carbocycles. The number of fused-ring (bicyclic) bond motifs is 1. The third-order valence-electron chi connectivity index (χ3n) is 2.60. The first-order valence-corrected chi connectivity index (χ1v) is 6.06. The fourth-order valence-electron chi connectivity index (χ4n) is 1.72. The lowest BCUT2D eigenvalue weighted by atomic mass is 10.2. The third-order valence-corrected chi connectivity index (χ3v) is 3.77. The van der Waals surface area contributed by atoms with Crippen molar-refractivity contribution in [2.45, 2.75) is 0 Å². The number of rotatable bonds is 1. The van der Waals surface area contributed by atoms with E-state index in [9.17, 15) is 0 Å². The van der Waals surface area contributed by atoms with Crippen LogP contribution < -0.4 is 11.5 Å². The summed E-state index contributed by atoms with van der Waals surface area (Å²) in [6.07, 6.45) is 0. The summed E-state index contributed by atoms with van der Waals surface area (Å²) in [5.41, 5.74) is 15.1. The molecular weight excluding hydrogens is 230 g/mol. The van der Waals surface area contributed by atoms with Crippen LogP contribution in [0.3, 0.4) is 0 Å². The van der Waals surface area contributed by atoms with Gasteiger partial charge < -0.3 is 11.5 Å². The Labute approximate surface area is 103 Å². The van der Waals surface area contributed by atoms with E-state index in [0.717, 1.165) is 32.2 Å². The number of aromatic nitrogens is 1. The average Bonchev–Trinajstić information content (AvgIpc) is 2.75. The molecule has 0 spiro atoms. The SMILES string of the molecule is Nc1ccc(-c2nc3cccc(N)c3s2)cc1. The molecule has 3 aromatic rings. The van der Waals surface area contributed by atoms with Crippen molar-refractivity contribution < 1.29 is 0 Å². The molecule has 0 aliphatic carbocycles. The Bertz CT molecular complexity index is 671. The number of hydrogen-bond acceptors (Lipinski definition) is 4. The molecule has 0 unspecified atom stereocenters. The van der Waals surface area contributed by atoms with Gasteiger partial charge in [0.2, 0.25) is 0 Å². The first kappa shape index (κ1) is 10.1. The first-order valence-electron chi connectivity index (χ1n) is 5.25. The molecule has 17 heavy (non-hydrogen) atoms. The van der Waals surface area contributed by atoms with Gasteiger partial charge in [-0.25, -0.2) is 4.98 Å². The number of thiazole rings is 1. The summed E-state index contributed by atoms with van der Waals surface area (Å²) in [6, 6.07) is 13.5. The highest BCUT2D eigenvalue weighted by atomic mass is 32.1. The molecule has 3 rings (SSSR count). The van der Waals surface area contributed by atoms with Crippen LogP contribution in [0.25, 0.3) is 20.8 Å². The number of nitrogens with zero attached hydrogens (tertiary/aromatic N) is 1. The topological polar surface area (TPSA) is 64.9 Å². The minimum atomic E-state index is 0.759. The zero-order chi connectivity index (χ0) is 11.8. The second-order valence-corrected chi connectivity index (χ2v) is 4.84. The maximum Gasteiger partial charge on any atom is 0.124 e. The van der Waals surface area contributed by atoms with Crippen molar-refractivity contribution in [1.29, 1.82) is 0 Å². The zero-order valence-corrected chi connectivity index (χ0v) is 9.87. The van der Waals surface area contributed by atoms with E-state index in [-0.39, 0.29) is 0 Å². The fourth-order valence-corrected chi connectivity index (χ4v) is 2.71. The molecule has 0 radical (unpaired) electrons. The summed E-state index contributed by atoms with van der Waals surface area (Å²) in [6.45, 7) is 0. The van der Waals surface area contributed by atoms with Crippen LogP contribution in [0.15, 0.2) is 42.5 Å². The normalized spacial score (nSPS) is 10.8.